The van der Waals surface area contributed by atoms with Gasteiger partial charge in [-0.05, 0) is 66.9 Å². The van der Waals surface area contributed by atoms with Gasteiger partial charge in [0.1, 0.15) is 11.6 Å². The quantitative estimate of drug-likeness (QED) is 0.261. The fraction of sp³-hybridized carbons (Fsp3) is 0.167. The Labute approximate surface area is 234 Å². The number of amides is 1. The molecule has 0 bridgehead atoms. The minimum Gasteiger partial charge on any atom is -0.473 e. The van der Waals surface area contributed by atoms with E-state index >= 15 is 0 Å². The summed E-state index contributed by atoms with van der Waals surface area (Å²) in [5.41, 5.74) is 1.98. The first-order chi connectivity index (χ1) is 19.7. The maximum absolute atomic E-state index is 14.4. The van der Waals surface area contributed by atoms with Crippen LogP contribution in [0.2, 0.25) is 0 Å². The Balaban J connectivity index is 1.39. The summed E-state index contributed by atoms with van der Waals surface area (Å²) in [6, 6.07) is 18.3. The molecule has 0 radical (unpaired) electrons. The number of methoxy groups -OCH3 is 1. The molecule has 1 atom stereocenters. The second-order valence-corrected chi connectivity index (χ2v) is 11.6. The summed E-state index contributed by atoms with van der Waals surface area (Å²) in [5, 5.41) is 2.21. The normalized spacial score (nSPS) is 13.7. The van der Waals surface area contributed by atoms with Gasteiger partial charge in [-0.1, -0.05) is 24.3 Å². The molecule has 3 aromatic carbocycles. The molecule has 1 aliphatic carbocycles. The van der Waals surface area contributed by atoms with E-state index in [2.05, 4.69) is 10.3 Å². The summed E-state index contributed by atoms with van der Waals surface area (Å²) in [6.07, 6.45) is 1.28. The number of hydrogen-bond acceptors (Lipinski definition) is 7. The van der Waals surface area contributed by atoms with Crippen LogP contribution in [0.3, 0.4) is 0 Å². The van der Waals surface area contributed by atoms with E-state index in [0.29, 0.717) is 35.6 Å². The third-order valence-corrected chi connectivity index (χ3v) is 8.76. The smallest absolute Gasteiger partial charge is 0.337 e. The summed E-state index contributed by atoms with van der Waals surface area (Å²) in [4.78, 5) is 29.6. The van der Waals surface area contributed by atoms with Crippen LogP contribution in [0.5, 0.6) is 5.75 Å². The predicted octanol–water partition coefficient (Wildman–Crippen LogP) is 5.51. The average Bonchev–Trinajstić information content (AvgIpc) is 3.83. The van der Waals surface area contributed by atoms with Crippen molar-refractivity contribution in [1.82, 2.24) is 4.98 Å². The highest BCUT2D eigenvalue weighted by Crippen LogP contribution is 2.34. The fourth-order valence-electron chi connectivity index (χ4n) is 4.15. The molecule has 1 fully saturated rings. The summed E-state index contributed by atoms with van der Waals surface area (Å²) in [6.45, 7) is 0. The molecule has 1 aliphatic rings. The third-order valence-electron chi connectivity index (χ3n) is 6.48. The van der Waals surface area contributed by atoms with Gasteiger partial charge in [0.2, 0.25) is 6.10 Å². The minimum atomic E-state index is -3.46. The molecule has 210 valence electrons. The van der Waals surface area contributed by atoms with E-state index in [1.807, 2.05) is 0 Å². The standard InChI is InChI=1S/C30H24F2N2O6S/c1-39-30(36)20-4-2-3-19(15-20)21-7-14-27(33-17-21)34-29(35)28(40-26-13-8-22(31)16-25(26)32)18-5-9-23(10-6-18)41(37,38)24-11-12-24/h2-10,13-17,24,28H,11-12H2,1H3,(H,33,34,35). The molecule has 11 heteroatoms. The highest BCUT2D eigenvalue weighted by Gasteiger charge is 2.37. The Morgan fingerprint density at radius 1 is 0.951 bits per heavy atom. The lowest BCUT2D eigenvalue weighted by molar-refractivity contribution is -0.123. The lowest BCUT2D eigenvalue weighted by atomic mass is 10.0. The number of carbonyl (C=O) groups excluding carboxylic acids is 2. The molecule has 41 heavy (non-hydrogen) atoms. The van der Waals surface area contributed by atoms with Gasteiger partial charge < -0.3 is 14.8 Å². The highest BCUT2D eigenvalue weighted by molar-refractivity contribution is 7.92. The van der Waals surface area contributed by atoms with E-state index in [4.69, 9.17) is 9.47 Å². The van der Waals surface area contributed by atoms with E-state index in [1.54, 1.807) is 36.4 Å². The molecule has 0 saturated heterocycles. The van der Waals surface area contributed by atoms with Crippen LogP contribution in [0, 0.1) is 11.6 Å². The van der Waals surface area contributed by atoms with Crippen molar-refractivity contribution in [1.29, 1.82) is 0 Å². The predicted molar refractivity (Wildman–Crippen MR) is 146 cm³/mol. The molecular formula is C30H24F2N2O6S. The number of aromatic nitrogens is 1. The van der Waals surface area contributed by atoms with Gasteiger partial charge in [-0.2, -0.15) is 0 Å². The summed E-state index contributed by atoms with van der Waals surface area (Å²) in [7, 11) is -2.17. The third kappa shape index (κ3) is 6.25. The SMILES string of the molecule is COC(=O)c1cccc(-c2ccc(NC(=O)C(Oc3ccc(F)cc3F)c3ccc(S(=O)(=O)C4CC4)cc3)nc2)c1. The number of nitrogens with one attached hydrogen (secondary N) is 1. The summed E-state index contributed by atoms with van der Waals surface area (Å²) >= 11 is 0. The van der Waals surface area contributed by atoms with Crippen molar-refractivity contribution in [3.63, 3.8) is 0 Å². The molecule has 0 spiro atoms. The maximum atomic E-state index is 14.4. The molecule has 1 unspecified atom stereocenters. The molecule has 1 saturated carbocycles. The van der Waals surface area contributed by atoms with E-state index in [0.717, 1.165) is 12.1 Å². The number of rotatable bonds is 9. The minimum absolute atomic E-state index is 0.115. The zero-order chi connectivity index (χ0) is 29.1. The molecule has 8 nitrogen and oxygen atoms in total. The number of esters is 1. The van der Waals surface area contributed by atoms with Crippen molar-refractivity contribution in [3.8, 4) is 16.9 Å². The number of halogens is 2. The monoisotopic (exact) mass is 578 g/mol. The van der Waals surface area contributed by atoms with Crippen molar-refractivity contribution in [2.24, 2.45) is 0 Å². The fourth-order valence-corrected chi connectivity index (χ4v) is 5.80. The number of benzene rings is 3. The largest absolute Gasteiger partial charge is 0.473 e. The van der Waals surface area contributed by atoms with Gasteiger partial charge >= 0.3 is 5.97 Å². The summed E-state index contributed by atoms with van der Waals surface area (Å²) < 4.78 is 63.5. The molecule has 0 aliphatic heterocycles. The van der Waals surface area contributed by atoms with E-state index in [1.165, 1.54) is 37.6 Å². The van der Waals surface area contributed by atoms with E-state index < -0.39 is 44.7 Å². The van der Waals surface area contributed by atoms with Crippen LogP contribution in [0.4, 0.5) is 14.6 Å². The second-order valence-electron chi connectivity index (χ2n) is 9.38. The Morgan fingerprint density at radius 3 is 2.34 bits per heavy atom. The van der Waals surface area contributed by atoms with Crippen molar-refractivity contribution in [2.75, 3.05) is 12.4 Å². The van der Waals surface area contributed by atoms with E-state index in [9.17, 15) is 26.8 Å². The Kier molecular flexibility index (Phi) is 7.80. The Morgan fingerprint density at radius 2 is 1.71 bits per heavy atom. The first-order valence-electron chi connectivity index (χ1n) is 12.6. The number of nitrogens with zero attached hydrogens (tertiary/aromatic N) is 1. The van der Waals surface area contributed by atoms with Gasteiger partial charge in [0.25, 0.3) is 5.91 Å². The molecular weight excluding hydrogens is 554 g/mol. The van der Waals surface area contributed by atoms with Crippen molar-refractivity contribution >= 4 is 27.5 Å². The van der Waals surface area contributed by atoms with Gasteiger partial charge in [-0.25, -0.2) is 27.0 Å². The van der Waals surface area contributed by atoms with Gasteiger partial charge in [0.15, 0.2) is 21.4 Å². The van der Waals surface area contributed by atoms with Gasteiger partial charge in [-0.15, -0.1) is 0 Å². The van der Waals surface area contributed by atoms with Crippen molar-refractivity contribution in [2.45, 2.75) is 29.1 Å². The molecule has 4 aromatic rings. The molecule has 1 heterocycles. The zero-order valence-electron chi connectivity index (χ0n) is 21.7. The van der Waals surface area contributed by atoms with Crippen LogP contribution < -0.4 is 10.1 Å². The molecule has 1 amide bonds. The van der Waals surface area contributed by atoms with Crippen molar-refractivity contribution < 1.29 is 36.3 Å². The van der Waals surface area contributed by atoms with Gasteiger partial charge in [0, 0.05) is 23.4 Å². The maximum Gasteiger partial charge on any atom is 0.337 e. The topological polar surface area (TPSA) is 112 Å². The van der Waals surface area contributed by atoms with E-state index in [-0.39, 0.29) is 22.0 Å². The number of sulfone groups is 1. The number of hydrogen-bond donors (Lipinski definition) is 1. The van der Waals surface area contributed by atoms with Crippen molar-refractivity contribution in [3.05, 3.63) is 108 Å². The molecule has 5 rings (SSSR count). The summed E-state index contributed by atoms with van der Waals surface area (Å²) in [5.74, 6) is -3.23. The average molecular weight is 579 g/mol. The number of pyridine rings is 1. The molecule has 1 aromatic heterocycles. The lowest BCUT2D eigenvalue weighted by Gasteiger charge is -2.20. The van der Waals surface area contributed by atoms with Crippen LogP contribution in [-0.2, 0) is 19.4 Å². The van der Waals surface area contributed by atoms with Crippen LogP contribution in [0.1, 0.15) is 34.9 Å². The first-order valence-corrected chi connectivity index (χ1v) is 14.1. The number of anilines is 1. The number of ether oxygens (including phenoxy) is 2. The van der Waals surface area contributed by atoms with Crippen LogP contribution in [-0.4, -0.2) is 37.6 Å². The number of carbonyl (C=O) groups is 2. The van der Waals surface area contributed by atoms with Gasteiger partial charge in [0.05, 0.1) is 22.8 Å². The second kappa shape index (κ2) is 11.5. The van der Waals surface area contributed by atoms with Crippen LogP contribution in [0.15, 0.2) is 90.0 Å². The zero-order valence-corrected chi connectivity index (χ0v) is 22.5. The Hall–Kier alpha value is -4.64. The Bertz CT molecular complexity index is 1710. The first kappa shape index (κ1) is 27.9. The van der Waals surface area contributed by atoms with Crippen LogP contribution >= 0.6 is 0 Å². The molecule has 1 N–H and O–H groups in total. The van der Waals surface area contributed by atoms with Gasteiger partial charge in [-0.3, -0.25) is 4.79 Å². The van der Waals surface area contributed by atoms with Crippen LogP contribution in [0.25, 0.3) is 11.1 Å². The highest BCUT2D eigenvalue weighted by atomic mass is 32.2. The lowest BCUT2D eigenvalue weighted by Crippen LogP contribution is -2.26.